The molecule has 0 aliphatic carbocycles. The predicted molar refractivity (Wildman–Crippen MR) is 105 cm³/mol. The van der Waals surface area contributed by atoms with E-state index < -0.39 is 26.2 Å². The Morgan fingerprint density at radius 2 is 1.81 bits per heavy atom. The third-order valence-corrected chi connectivity index (χ3v) is 5.29. The SMILES string of the molecule is COCOC[C@@H](CC(=O)OCc1ccccc1)NC(=O)OCC[Si](C)(C)C. The smallest absolute Gasteiger partial charge is 0.407 e. The number of hydrogen-bond acceptors (Lipinski definition) is 6. The van der Waals surface area contributed by atoms with Crippen molar-refractivity contribution in [2.75, 3.05) is 27.1 Å². The Hall–Kier alpha value is -1.90. The predicted octanol–water partition coefficient (Wildman–Crippen LogP) is 3.17. The van der Waals surface area contributed by atoms with Gasteiger partial charge in [-0.2, -0.15) is 0 Å². The molecule has 7 nitrogen and oxygen atoms in total. The number of alkyl carbamates (subject to hydrolysis) is 1. The molecule has 1 aromatic rings. The van der Waals surface area contributed by atoms with Crippen molar-refractivity contribution in [3.05, 3.63) is 35.9 Å². The van der Waals surface area contributed by atoms with Gasteiger partial charge >= 0.3 is 12.1 Å². The molecule has 0 aliphatic rings. The molecule has 1 N–H and O–H groups in total. The number of methoxy groups -OCH3 is 1. The molecule has 27 heavy (non-hydrogen) atoms. The highest BCUT2D eigenvalue weighted by molar-refractivity contribution is 6.76. The molecule has 152 valence electrons. The van der Waals surface area contributed by atoms with Crippen LogP contribution in [0.5, 0.6) is 0 Å². The first-order valence-electron chi connectivity index (χ1n) is 8.99. The van der Waals surface area contributed by atoms with Gasteiger partial charge in [0.2, 0.25) is 0 Å². The number of amides is 1. The molecule has 1 aromatic carbocycles. The van der Waals surface area contributed by atoms with Crippen LogP contribution in [-0.2, 0) is 30.3 Å². The summed E-state index contributed by atoms with van der Waals surface area (Å²) in [6.07, 6.45) is -0.574. The number of carbonyl (C=O) groups is 2. The number of ether oxygens (including phenoxy) is 4. The molecule has 8 heteroatoms. The summed E-state index contributed by atoms with van der Waals surface area (Å²) < 4.78 is 20.6. The Morgan fingerprint density at radius 1 is 1.11 bits per heavy atom. The quantitative estimate of drug-likeness (QED) is 0.252. The van der Waals surface area contributed by atoms with E-state index in [9.17, 15) is 9.59 Å². The van der Waals surface area contributed by atoms with Gasteiger partial charge in [0, 0.05) is 15.2 Å². The lowest BCUT2D eigenvalue weighted by Crippen LogP contribution is -2.41. The fourth-order valence-corrected chi connectivity index (χ4v) is 2.80. The van der Waals surface area contributed by atoms with Crippen LogP contribution >= 0.6 is 0 Å². The van der Waals surface area contributed by atoms with Gasteiger partial charge in [-0.3, -0.25) is 4.79 Å². The minimum atomic E-state index is -1.28. The van der Waals surface area contributed by atoms with Gasteiger partial charge in [-0.15, -0.1) is 0 Å². The van der Waals surface area contributed by atoms with Gasteiger partial charge in [0.15, 0.2) is 0 Å². The highest BCUT2D eigenvalue weighted by atomic mass is 28.3. The van der Waals surface area contributed by atoms with Crippen molar-refractivity contribution in [3.8, 4) is 0 Å². The average molecular weight is 398 g/mol. The number of benzene rings is 1. The van der Waals surface area contributed by atoms with E-state index >= 15 is 0 Å². The molecular weight excluding hydrogens is 366 g/mol. The second-order valence-electron chi connectivity index (χ2n) is 7.42. The van der Waals surface area contributed by atoms with Gasteiger partial charge in [-0.05, 0) is 11.6 Å². The van der Waals surface area contributed by atoms with E-state index in [1.165, 1.54) is 7.11 Å². The Balaban J connectivity index is 2.44. The second-order valence-corrected chi connectivity index (χ2v) is 13.0. The van der Waals surface area contributed by atoms with E-state index in [1.54, 1.807) is 0 Å². The molecule has 0 spiro atoms. The second kappa shape index (κ2) is 12.5. The van der Waals surface area contributed by atoms with Crippen LogP contribution in [-0.4, -0.2) is 53.3 Å². The summed E-state index contributed by atoms with van der Waals surface area (Å²) in [6.45, 7) is 7.37. The molecule has 0 saturated carbocycles. The van der Waals surface area contributed by atoms with E-state index in [4.69, 9.17) is 18.9 Å². The maximum Gasteiger partial charge on any atom is 0.407 e. The van der Waals surface area contributed by atoms with Crippen molar-refractivity contribution in [2.24, 2.45) is 0 Å². The number of rotatable bonds is 12. The fourth-order valence-electron chi connectivity index (χ4n) is 2.08. The number of esters is 1. The van der Waals surface area contributed by atoms with Crippen molar-refractivity contribution in [1.82, 2.24) is 5.32 Å². The number of nitrogens with one attached hydrogen (secondary N) is 1. The number of hydrogen-bond donors (Lipinski definition) is 1. The largest absolute Gasteiger partial charge is 0.461 e. The lowest BCUT2D eigenvalue weighted by atomic mass is 10.2. The minimum absolute atomic E-state index is 0.0142. The van der Waals surface area contributed by atoms with Crippen LogP contribution in [0.15, 0.2) is 30.3 Å². The van der Waals surface area contributed by atoms with Gasteiger partial charge in [0.1, 0.15) is 13.4 Å². The lowest BCUT2D eigenvalue weighted by molar-refractivity contribution is -0.146. The zero-order chi connectivity index (χ0) is 20.1. The maximum atomic E-state index is 12.1. The molecular formula is C19H31NO6Si. The topological polar surface area (TPSA) is 83.1 Å². The summed E-state index contributed by atoms with van der Waals surface area (Å²) in [5.74, 6) is -0.424. The molecule has 1 atom stereocenters. The van der Waals surface area contributed by atoms with Crippen LogP contribution in [0, 0.1) is 0 Å². The third kappa shape index (κ3) is 12.2. The van der Waals surface area contributed by atoms with Gasteiger partial charge in [-0.1, -0.05) is 50.0 Å². The molecule has 0 heterocycles. The van der Waals surface area contributed by atoms with Crippen molar-refractivity contribution in [1.29, 1.82) is 0 Å². The molecule has 0 bridgehead atoms. The Kier molecular flexibility index (Phi) is 10.7. The number of carbonyl (C=O) groups excluding carboxylic acids is 2. The van der Waals surface area contributed by atoms with Gasteiger partial charge < -0.3 is 24.3 Å². The zero-order valence-electron chi connectivity index (χ0n) is 16.7. The fraction of sp³-hybridized carbons (Fsp3) is 0.579. The zero-order valence-corrected chi connectivity index (χ0v) is 17.7. The molecule has 0 fully saturated rings. The maximum absolute atomic E-state index is 12.1. The molecule has 0 saturated heterocycles. The Morgan fingerprint density at radius 3 is 2.44 bits per heavy atom. The standard InChI is InChI=1S/C19H31NO6Si/c1-23-15-24-14-17(20-19(22)25-10-11-27(2,3)4)12-18(21)26-13-16-8-6-5-7-9-16/h5-9,17H,10-15H2,1-4H3,(H,20,22)/t17-/m1/s1. The molecule has 0 aromatic heterocycles. The summed E-state index contributed by atoms with van der Waals surface area (Å²) in [6, 6.07) is 9.73. The summed E-state index contributed by atoms with van der Waals surface area (Å²) in [5, 5.41) is 2.66. The van der Waals surface area contributed by atoms with Crippen LogP contribution in [0.2, 0.25) is 25.7 Å². The molecule has 1 rings (SSSR count). The van der Waals surface area contributed by atoms with E-state index in [-0.39, 0.29) is 26.4 Å². The van der Waals surface area contributed by atoms with Crippen molar-refractivity contribution >= 4 is 20.1 Å². The highest BCUT2D eigenvalue weighted by Crippen LogP contribution is 2.08. The van der Waals surface area contributed by atoms with Crippen LogP contribution < -0.4 is 5.32 Å². The summed E-state index contributed by atoms with van der Waals surface area (Å²) >= 11 is 0. The third-order valence-electron chi connectivity index (χ3n) is 3.58. The molecule has 1 amide bonds. The van der Waals surface area contributed by atoms with Crippen LogP contribution in [0.4, 0.5) is 4.79 Å². The molecule has 0 unspecified atom stereocenters. The van der Waals surface area contributed by atoms with E-state index in [1.807, 2.05) is 30.3 Å². The highest BCUT2D eigenvalue weighted by Gasteiger charge is 2.20. The van der Waals surface area contributed by atoms with Crippen LogP contribution in [0.1, 0.15) is 12.0 Å². The van der Waals surface area contributed by atoms with Crippen molar-refractivity contribution < 1.29 is 28.5 Å². The Labute approximate surface area is 162 Å². The molecule has 0 aliphatic heterocycles. The van der Waals surface area contributed by atoms with Crippen LogP contribution in [0.25, 0.3) is 0 Å². The summed E-state index contributed by atoms with van der Waals surface area (Å²) in [5.41, 5.74) is 0.900. The Bertz CT molecular complexity index is 561. The van der Waals surface area contributed by atoms with Gasteiger partial charge in [-0.25, -0.2) is 4.79 Å². The van der Waals surface area contributed by atoms with E-state index in [0.717, 1.165) is 11.6 Å². The van der Waals surface area contributed by atoms with Gasteiger partial charge in [0.25, 0.3) is 0 Å². The average Bonchev–Trinajstić information content (AvgIpc) is 2.60. The van der Waals surface area contributed by atoms with Gasteiger partial charge in [0.05, 0.1) is 25.7 Å². The normalized spacial score (nSPS) is 12.3. The monoisotopic (exact) mass is 397 g/mol. The first kappa shape index (κ1) is 23.1. The van der Waals surface area contributed by atoms with Crippen molar-refractivity contribution in [2.45, 2.75) is 44.8 Å². The first-order chi connectivity index (χ1) is 12.8. The molecule has 0 radical (unpaired) electrons. The van der Waals surface area contributed by atoms with Crippen molar-refractivity contribution in [3.63, 3.8) is 0 Å². The first-order valence-corrected chi connectivity index (χ1v) is 12.7. The van der Waals surface area contributed by atoms with E-state index in [2.05, 4.69) is 25.0 Å². The van der Waals surface area contributed by atoms with Crippen LogP contribution in [0.3, 0.4) is 0 Å². The summed E-state index contributed by atoms with van der Waals surface area (Å²) in [4.78, 5) is 24.1. The van der Waals surface area contributed by atoms with E-state index in [0.29, 0.717) is 6.61 Å². The summed E-state index contributed by atoms with van der Waals surface area (Å²) in [7, 11) is 0.222. The lowest BCUT2D eigenvalue weighted by Gasteiger charge is -2.19. The minimum Gasteiger partial charge on any atom is -0.461 e.